The summed E-state index contributed by atoms with van der Waals surface area (Å²) < 4.78 is 24.3. The Balaban J connectivity index is 0.00000341. The third-order valence-electron chi connectivity index (χ3n) is 5.92. The molecule has 2 saturated heterocycles. The van der Waals surface area contributed by atoms with Gasteiger partial charge >= 0.3 is 0 Å². The van der Waals surface area contributed by atoms with Crippen molar-refractivity contribution in [2.45, 2.75) is 44.7 Å². The van der Waals surface area contributed by atoms with Crippen LogP contribution >= 0.6 is 24.0 Å². The maximum absolute atomic E-state index is 13.0. The number of nitrogens with one attached hydrogen (secondary N) is 2. The van der Waals surface area contributed by atoms with Gasteiger partial charge in [-0.05, 0) is 55.7 Å². The van der Waals surface area contributed by atoms with E-state index in [0.29, 0.717) is 12.0 Å². The second-order valence-corrected chi connectivity index (χ2v) is 8.30. The number of guanidine groups is 1. The van der Waals surface area contributed by atoms with Gasteiger partial charge in [0, 0.05) is 65.7 Å². The van der Waals surface area contributed by atoms with E-state index in [9.17, 15) is 4.39 Å². The van der Waals surface area contributed by atoms with Crippen LogP contribution in [0, 0.1) is 11.7 Å². The topological polar surface area (TPSA) is 58.1 Å². The Kier molecular flexibility index (Phi) is 12.7. The largest absolute Gasteiger partial charge is 0.381 e. The first-order chi connectivity index (χ1) is 14.7. The molecule has 0 amide bonds. The fourth-order valence-electron chi connectivity index (χ4n) is 4.02. The molecule has 2 fully saturated rings. The maximum atomic E-state index is 13.0. The van der Waals surface area contributed by atoms with Crippen molar-refractivity contribution in [1.82, 2.24) is 15.5 Å². The van der Waals surface area contributed by atoms with Crippen LogP contribution in [0.5, 0.6) is 0 Å². The van der Waals surface area contributed by atoms with E-state index in [1.165, 1.54) is 17.7 Å². The van der Waals surface area contributed by atoms with Crippen molar-refractivity contribution in [2.24, 2.45) is 10.9 Å². The van der Waals surface area contributed by atoms with Crippen LogP contribution in [-0.4, -0.2) is 70.0 Å². The molecule has 0 saturated carbocycles. The van der Waals surface area contributed by atoms with Crippen LogP contribution in [0.25, 0.3) is 0 Å². The zero-order valence-corrected chi connectivity index (χ0v) is 21.0. The minimum Gasteiger partial charge on any atom is -0.381 e. The van der Waals surface area contributed by atoms with Crippen LogP contribution in [0.4, 0.5) is 4.39 Å². The fourth-order valence-corrected chi connectivity index (χ4v) is 4.02. The molecular formula is C23H38FIN4O2. The predicted octanol–water partition coefficient (Wildman–Crippen LogP) is 3.41. The molecule has 2 N–H and O–H groups in total. The van der Waals surface area contributed by atoms with Gasteiger partial charge in [-0.15, -0.1) is 24.0 Å². The highest BCUT2D eigenvalue weighted by molar-refractivity contribution is 14.0. The summed E-state index contributed by atoms with van der Waals surface area (Å²) in [4.78, 5) is 6.79. The first-order valence-electron chi connectivity index (χ1n) is 11.3. The Labute approximate surface area is 203 Å². The van der Waals surface area contributed by atoms with Crippen LogP contribution in [0.2, 0.25) is 0 Å². The molecule has 6 nitrogen and oxygen atoms in total. The Morgan fingerprint density at radius 3 is 2.55 bits per heavy atom. The lowest BCUT2D eigenvalue weighted by molar-refractivity contribution is 0.0203. The van der Waals surface area contributed by atoms with Crippen molar-refractivity contribution in [3.05, 3.63) is 35.6 Å². The molecule has 8 heteroatoms. The number of hydrogen-bond acceptors (Lipinski definition) is 4. The van der Waals surface area contributed by atoms with Gasteiger partial charge in [-0.25, -0.2) is 4.39 Å². The first kappa shape index (κ1) is 26.3. The van der Waals surface area contributed by atoms with E-state index in [1.54, 1.807) is 0 Å². The monoisotopic (exact) mass is 548 g/mol. The molecule has 2 aliphatic heterocycles. The SMILES string of the molecule is CN=C(NCCCOCC1CCOCC1)NC1CCN(Cc2ccc(F)cc2)CC1.I. The number of likely N-dealkylation sites (tertiary alicyclic amines) is 1. The molecule has 0 unspecified atom stereocenters. The standard InChI is InChI=1S/C23H37FN4O2.HI/c1-25-23(26-11-2-14-30-18-20-9-15-29-16-10-20)27-22-7-12-28(13-8-22)17-19-3-5-21(24)6-4-19;/h3-6,20,22H,2,7-18H2,1H3,(H2,25,26,27);1H. The number of aliphatic imine (C=N–C) groups is 1. The third kappa shape index (κ3) is 10.0. The van der Waals surface area contributed by atoms with Gasteiger partial charge in [-0.1, -0.05) is 12.1 Å². The molecule has 0 bridgehead atoms. The highest BCUT2D eigenvalue weighted by atomic mass is 127. The average Bonchev–Trinajstić information content (AvgIpc) is 2.78. The molecule has 0 atom stereocenters. The molecule has 1 aromatic rings. The molecule has 176 valence electrons. The van der Waals surface area contributed by atoms with Crippen LogP contribution in [0.3, 0.4) is 0 Å². The summed E-state index contributed by atoms with van der Waals surface area (Å²) in [5.74, 6) is 1.36. The highest BCUT2D eigenvalue weighted by Crippen LogP contribution is 2.15. The van der Waals surface area contributed by atoms with Crippen LogP contribution in [0.15, 0.2) is 29.3 Å². The van der Waals surface area contributed by atoms with Gasteiger partial charge in [0.15, 0.2) is 5.96 Å². The molecule has 2 heterocycles. The molecule has 3 rings (SSSR count). The van der Waals surface area contributed by atoms with Gasteiger partial charge in [0.25, 0.3) is 0 Å². The number of ether oxygens (including phenoxy) is 2. The molecule has 31 heavy (non-hydrogen) atoms. The van der Waals surface area contributed by atoms with Crippen molar-refractivity contribution in [1.29, 1.82) is 0 Å². The number of halogens is 2. The van der Waals surface area contributed by atoms with Gasteiger partial charge < -0.3 is 20.1 Å². The van der Waals surface area contributed by atoms with Crippen molar-refractivity contribution in [3.63, 3.8) is 0 Å². The molecule has 0 radical (unpaired) electrons. The quantitative estimate of drug-likeness (QED) is 0.215. The summed E-state index contributed by atoms with van der Waals surface area (Å²) in [6.07, 6.45) is 5.38. The van der Waals surface area contributed by atoms with E-state index in [2.05, 4.69) is 20.5 Å². The van der Waals surface area contributed by atoms with E-state index in [-0.39, 0.29) is 29.8 Å². The minimum absolute atomic E-state index is 0. The van der Waals surface area contributed by atoms with Gasteiger partial charge in [0.1, 0.15) is 5.82 Å². The molecule has 0 spiro atoms. The molecular weight excluding hydrogens is 510 g/mol. The summed E-state index contributed by atoms with van der Waals surface area (Å²) in [5.41, 5.74) is 1.17. The molecule has 0 aliphatic carbocycles. The van der Waals surface area contributed by atoms with Gasteiger partial charge in [0.05, 0.1) is 0 Å². The zero-order valence-electron chi connectivity index (χ0n) is 18.7. The van der Waals surface area contributed by atoms with Crippen molar-refractivity contribution < 1.29 is 13.9 Å². The van der Waals surface area contributed by atoms with Gasteiger partial charge in [-0.2, -0.15) is 0 Å². The van der Waals surface area contributed by atoms with Crippen LogP contribution in [-0.2, 0) is 16.0 Å². The van der Waals surface area contributed by atoms with Crippen LogP contribution < -0.4 is 10.6 Å². The predicted molar refractivity (Wildman–Crippen MR) is 134 cm³/mol. The zero-order chi connectivity index (χ0) is 21.0. The number of piperidine rings is 1. The second kappa shape index (κ2) is 15.0. The Morgan fingerprint density at radius 1 is 1.16 bits per heavy atom. The molecule has 2 aliphatic rings. The summed E-state index contributed by atoms with van der Waals surface area (Å²) in [7, 11) is 1.82. The van der Waals surface area contributed by atoms with Crippen LogP contribution in [0.1, 0.15) is 37.7 Å². The minimum atomic E-state index is -0.175. The third-order valence-corrected chi connectivity index (χ3v) is 5.92. The molecule has 0 aromatic heterocycles. The second-order valence-electron chi connectivity index (χ2n) is 8.30. The lowest BCUT2D eigenvalue weighted by Gasteiger charge is -2.33. The van der Waals surface area contributed by atoms with Crippen molar-refractivity contribution >= 4 is 29.9 Å². The Bertz CT molecular complexity index is 633. The Hall–Kier alpha value is -0.970. The summed E-state index contributed by atoms with van der Waals surface area (Å²) in [6.45, 7) is 7.20. The number of rotatable bonds is 9. The van der Waals surface area contributed by atoms with Gasteiger partial charge in [0.2, 0.25) is 0 Å². The number of nitrogens with zero attached hydrogens (tertiary/aromatic N) is 2. The van der Waals surface area contributed by atoms with E-state index in [1.807, 2.05) is 19.2 Å². The fraction of sp³-hybridized carbons (Fsp3) is 0.696. The Morgan fingerprint density at radius 2 is 1.87 bits per heavy atom. The molecule has 1 aromatic carbocycles. The maximum Gasteiger partial charge on any atom is 0.191 e. The van der Waals surface area contributed by atoms with Gasteiger partial charge in [-0.3, -0.25) is 9.89 Å². The van der Waals surface area contributed by atoms with E-state index < -0.39 is 0 Å². The summed E-state index contributed by atoms with van der Waals surface area (Å²) in [6, 6.07) is 7.26. The smallest absolute Gasteiger partial charge is 0.191 e. The van der Waals surface area contributed by atoms with Crippen molar-refractivity contribution in [3.8, 4) is 0 Å². The summed E-state index contributed by atoms with van der Waals surface area (Å²) >= 11 is 0. The van der Waals surface area contributed by atoms with E-state index in [0.717, 1.165) is 90.7 Å². The first-order valence-corrected chi connectivity index (χ1v) is 11.3. The summed E-state index contributed by atoms with van der Waals surface area (Å²) in [5, 5.41) is 6.95. The normalized spacial score (nSPS) is 19.1. The average molecular weight is 548 g/mol. The highest BCUT2D eigenvalue weighted by Gasteiger charge is 2.20. The van der Waals surface area contributed by atoms with E-state index in [4.69, 9.17) is 9.47 Å². The number of hydrogen-bond donors (Lipinski definition) is 2. The lowest BCUT2D eigenvalue weighted by atomic mass is 10.0. The lowest BCUT2D eigenvalue weighted by Crippen LogP contribution is -2.48. The van der Waals surface area contributed by atoms with E-state index >= 15 is 0 Å². The number of benzene rings is 1. The van der Waals surface area contributed by atoms with Crippen molar-refractivity contribution in [2.75, 3.05) is 53.1 Å².